The van der Waals surface area contributed by atoms with Crippen LogP contribution in [0.15, 0.2) is 29.1 Å². The molecule has 0 aliphatic carbocycles. The Labute approximate surface area is 148 Å². The number of piperazine rings is 1. The molecule has 0 spiro atoms. The zero-order valence-electron chi connectivity index (χ0n) is 15.2. The average Bonchev–Trinajstić information content (AvgIpc) is 2.64. The predicted octanol–water partition coefficient (Wildman–Crippen LogP) is 2.02. The first-order chi connectivity index (χ1) is 12.0. The summed E-state index contributed by atoms with van der Waals surface area (Å²) in [7, 11) is 1.78. The van der Waals surface area contributed by atoms with Crippen molar-refractivity contribution in [3.05, 3.63) is 34.6 Å². The van der Waals surface area contributed by atoms with Crippen LogP contribution < -0.4 is 10.5 Å². The molecule has 6 heteroatoms. The van der Waals surface area contributed by atoms with E-state index in [1.807, 2.05) is 41.0 Å². The van der Waals surface area contributed by atoms with Gasteiger partial charge in [0.2, 0.25) is 5.91 Å². The molecule has 1 aromatic carbocycles. The van der Waals surface area contributed by atoms with E-state index in [1.165, 1.54) is 0 Å². The van der Waals surface area contributed by atoms with E-state index >= 15 is 0 Å². The van der Waals surface area contributed by atoms with Crippen molar-refractivity contribution in [1.82, 2.24) is 14.5 Å². The van der Waals surface area contributed by atoms with Gasteiger partial charge in [0.05, 0.1) is 11.0 Å². The molecule has 0 bridgehead atoms. The van der Waals surface area contributed by atoms with Gasteiger partial charge in [0.25, 0.3) is 5.56 Å². The van der Waals surface area contributed by atoms with Crippen LogP contribution in [0.1, 0.15) is 26.7 Å². The van der Waals surface area contributed by atoms with Crippen molar-refractivity contribution in [3.63, 3.8) is 0 Å². The summed E-state index contributed by atoms with van der Waals surface area (Å²) in [6.45, 7) is 6.67. The van der Waals surface area contributed by atoms with E-state index in [0.29, 0.717) is 32.0 Å². The van der Waals surface area contributed by atoms with Gasteiger partial charge in [0.1, 0.15) is 0 Å². The quantitative estimate of drug-likeness (QED) is 0.853. The second-order valence-electron chi connectivity index (χ2n) is 6.79. The Bertz CT molecular complexity index is 822. The number of aryl methyl sites for hydroxylation is 1. The van der Waals surface area contributed by atoms with Crippen molar-refractivity contribution in [2.75, 3.05) is 31.1 Å². The second kappa shape index (κ2) is 7.25. The number of hydrogen-bond donors (Lipinski definition) is 0. The van der Waals surface area contributed by atoms with E-state index in [9.17, 15) is 9.59 Å². The summed E-state index contributed by atoms with van der Waals surface area (Å²) in [5, 5.41) is 0. The normalized spacial score (nSPS) is 16.3. The van der Waals surface area contributed by atoms with Gasteiger partial charge in [0.15, 0.2) is 5.82 Å². The maximum Gasteiger partial charge on any atom is 0.293 e. The topological polar surface area (TPSA) is 58.4 Å². The van der Waals surface area contributed by atoms with Gasteiger partial charge >= 0.3 is 0 Å². The average molecular weight is 342 g/mol. The molecule has 1 atom stereocenters. The monoisotopic (exact) mass is 342 g/mol. The van der Waals surface area contributed by atoms with Crippen LogP contribution in [0.5, 0.6) is 0 Å². The molecule has 0 saturated carbocycles. The molecule has 2 aromatic rings. The van der Waals surface area contributed by atoms with Crippen LogP contribution >= 0.6 is 0 Å². The van der Waals surface area contributed by atoms with E-state index in [2.05, 4.69) is 11.9 Å². The van der Waals surface area contributed by atoms with Crippen LogP contribution in [0.25, 0.3) is 11.0 Å². The predicted molar refractivity (Wildman–Crippen MR) is 99.8 cm³/mol. The Balaban J connectivity index is 1.77. The number of carbonyl (C=O) groups excluding carboxylic acids is 1. The van der Waals surface area contributed by atoms with Gasteiger partial charge in [-0.2, -0.15) is 0 Å². The molecule has 0 N–H and O–H groups in total. The molecule has 2 heterocycles. The fraction of sp³-hybridized carbons (Fsp3) is 0.526. The fourth-order valence-electron chi connectivity index (χ4n) is 3.48. The summed E-state index contributed by atoms with van der Waals surface area (Å²) in [5.74, 6) is 0.777. The maximum atomic E-state index is 12.7. The highest BCUT2D eigenvalue weighted by Gasteiger charge is 2.26. The molecule has 3 rings (SSSR count). The first kappa shape index (κ1) is 17.5. The molecular formula is C19H26N4O2. The molecule has 0 radical (unpaired) electrons. The number of benzene rings is 1. The van der Waals surface area contributed by atoms with Gasteiger partial charge in [-0.25, -0.2) is 4.98 Å². The lowest BCUT2D eigenvalue weighted by molar-refractivity contribution is -0.135. The minimum absolute atomic E-state index is 0.0724. The van der Waals surface area contributed by atoms with Gasteiger partial charge in [0, 0.05) is 39.1 Å². The van der Waals surface area contributed by atoms with Crippen LogP contribution in [0.4, 0.5) is 5.82 Å². The van der Waals surface area contributed by atoms with Gasteiger partial charge in [-0.15, -0.1) is 0 Å². The van der Waals surface area contributed by atoms with Crippen LogP contribution in [0.2, 0.25) is 0 Å². The van der Waals surface area contributed by atoms with Crippen molar-refractivity contribution in [2.45, 2.75) is 26.7 Å². The molecule has 0 unspecified atom stereocenters. The van der Waals surface area contributed by atoms with Crippen molar-refractivity contribution in [1.29, 1.82) is 0 Å². The third-order valence-corrected chi connectivity index (χ3v) is 5.00. The van der Waals surface area contributed by atoms with Crippen LogP contribution in [0.3, 0.4) is 0 Å². The van der Waals surface area contributed by atoms with E-state index < -0.39 is 0 Å². The zero-order chi connectivity index (χ0) is 18.0. The standard InChI is InChI=1S/C19H26N4O2/c1-4-7-14(2)18(24)23-12-10-22(11-13-23)17-19(25)21(3)16-9-6-5-8-15(16)20-17/h5-6,8-9,14H,4,7,10-13H2,1-3H3/t14-/m0/s1. The van der Waals surface area contributed by atoms with Gasteiger partial charge in [-0.3, -0.25) is 9.59 Å². The number of rotatable bonds is 4. The first-order valence-electron chi connectivity index (χ1n) is 9.02. The number of amides is 1. The van der Waals surface area contributed by atoms with Gasteiger partial charge in [-0.1, -0.05) is 32.4 Å². The minimum atomic E-state index is -0.0853. The Morgan fingerprint density at radius 1 is 1.20 bits per heavy atom. The summed E-state index contributed by atoms with van der Waals surface area (Å²) in [4.78, 5) is 33.6. The Hall–Kier alpha value is -2.37. The molecular weight excluding hydrogens is 316 g/mol. The molecule has 1 fully saturated rings. The Morgan fingerprint density at radius 3 is 2.56 bits per heavy atom. The van der Waals surface area contributed by atoms with Crippen molar-refractivity contribution in [2.24, 2.45) is 13.0 Å². The fourth-order valence-corrected chi connectivity index (χ4v) is 3.48. The summed E-state index contributed by atoms with van der Waals surface area (Å²) in [5.41, 5.74) is 1.56. The molecule has 1 aromatic heterocycles. The number of para-hydroxylation sites is 2. The van der Waals surface area contributed by atoms with E-state index in [-0.39, 0.29) is 17.4 Å². The number of fused-ring (bicyclic) bond motifs is 1. The van der Waals surface area contributed by atoms with E-state index in [0.717, 1.165) is 23.9 Å². The van der Waals surface area contributed by atoms with Crippen LogP contribution in [-0.2, 0) is 11.8 Å². The largest absolute Gasteiger partial charge is 0.348 e. The first-order valence-corrected chi connectivity index (χ1v) is 9.02. The molecule has 1 aliphatic rings. The SMILES string of the molecule is CCC[C@H](C)C(=O)N1CCN(c2nc3ccccc3n(C)c2=O)CC1. The lowest BCUT2D eigenvalue weighted by Gasteiger charge is -2.36. The highest BCUT2D eigenvalue weighted by molar-refractivity contribution is 5.79. The highest BCUT2D eigenvalue weighted by atomic mass is 16.2. The summed E-state index contributed by atoms with van der Waals surface area (Å²) in [6.07, 6.45) is 1.94. The van der Waals surface area contributed by atoms with Gasteiger partial charge < -0.3 is 14.4 Å². The summed E-state index contributed by atoms with van der Waals surface area (Å²) < 4.78 is 1.65. The second-order valence-corrected chi connectivity index (χ2v) is 6.79. The van der Waals surface area contributed by atoms with E-state index in [4.69, 9.17) is 0 Å². The van der Waals surface area contributed by atoms with Gasteiger partial charge in [-0.05, 0) is 18.6 Å². The molecule has 1 amide bonds. The molecule has 25 heavy (non-hydrogen) atoms. The maximum absolute atomic E-state index is 12.7. The Morgan fingerprint density at radius 2 is 1.88 bits per heavy atom. The lowest BCUT2D eigenvalue weighted by atomic mass is 10.0. The third kappa shape index (κ3) is 3.38. The number of carbonyl (C=O) groups is 1. The number of hydrogen-bond acceptors (Lipinski definition) is 4. The zero-order valence-corrected chi connectivity index (χ0v) is 15.2. The van der Waals surface area contributed by atoms with Crippen molar-refractivity contribution < 1.29 is 4.79 Å². The lowest BCUT2D eigenvalue weighted by Crippen LogP contribution is -2.51. The highest BCUT2D eigenvalue weighted by Crippen LogP contribution is 2.17. The van der Waals surface area contributed by atoms with Crippen molar-refractivity contribution >= 4 is 22.8 Å². The molecule has 1 aliphatic heterocycles. The smallest absolute Gasteiger partial charge is 0.293 e. The Kier molecular flexibility index (Phi) is 5.06. The molecule has 6 nitrogen and oxygen atoms in total. The van der Waals surface area contributed by atoms with Crippen LogP contribution in [0, 0.1) is 5.92 Å². The minimum Gasteiger partial charge on any atom is -0.348 e. The van der Waals surface area contributed by atoms with Crippen molar-refractivity contribution in [3.8, 4) is 0 Å². The number of anilines is 1. The third-order valence-electron chi connectivity index (χ3n) is 5.00. The van der Waals surface area contributed by atoms with Crippen LogP contribution in [-0.4, -0.2) is 46.5 Å². The number of nitrogens with zero attached hydrogens (tertiary/aromatic N) is 4. The molecule has 1 saturated heterocycles. The summed E-state index contributed by atoms with van der Waals surface area (Å²) in [6, 6.07) is 7.66. The van der Waals surface area contributed by atoms with E-state index in [1.54, 1.807) is 11.6 Å². The molecule has 134 valence electrons. The summed E-state index contributed by atoms with van der Waals surface area (Å²) >= 11 is 0. The number of aromatic nitrogens is 2.